The van der Waals surface area contributed by atoms with Crippen LogP contribution in [0.2, 0.25) is 0 Å². The van der Waals surface area contributed by atoms with Crippen LogP contribution in [0.15, 0.2) is 59.8 Å². The molecule has 0 radical (unpaired) electrons. The summed E-state index contributed by atoms with van der Waals surface area (Å²) in [5.74, 6) is 0.107. The third-order valence-electron chi connectivity index (χ3n) is 6.09. The van der Waals surface area contributed by atoms with Gasteiger partial charge in [-0.1, -0.05) is 42.1 Å². The molecule has 9 heteroatoms. The van der Waals surface area contributed by atoms with Crippen molar-refractivity contribution in [1.29, 1.82) is 0 Å². The Bertz CT molecular complexity index is 1140. The monoisotopic (exact) mass is 497 g/mol. The van der Waals surface area contributed by atoms with Crippen LogP contribution in [0.4, 0.5) is 4.39 Å². The molecule has 1 N–H and O–H groups in total. The summed E-state index contributed by atoms with van der Waals surface area (Å²) in [5.41, 5.74) is 0.959. The van der Waals surface area contributed by atoms with Crippen LogP contribution in [0.5, 0.6) is 0 Å². The minimum Gasteiger partial charge on any atom is -0.373 e. The van der Waals surface area contributed by atoms with Crippen molar-refractivity contribution in [2.45, 2.75) is 50.6 Å². The largest absolute Gasteiger partial charge is 0.373 e. The summed E-state index contributed by atoms with van der Waals surface area (Å²) in [6.45, 7) is 10.6. The van der Waals surface area contributed by atoms with Gasteiger partial charge in [-0.2, -0.15) is 0 Å². The number of hydrogen-bond donors (Lipinski definition) is 1. The van der Waals surface area contributed by atoms with Gasteiger partial charge in [-0.25, -0.2) is 4.39 Å². The fraction of sp³-hybridized carbons (Fsp3) is 0.423. The number of thioether (sulfide) groups is 1. The van der Waals surface area contributed by atoms with Gasteiger partial charge in [0.25, 0.3) is 0 Å². The lowest BCUT2D eigenvalue weighted by atomic mass is 10.00. The predicted molar refractivity (Wildman–Crippen MR) is 136 cm³/mol. The van der Waals surface area contributed by atoms with E-state index in [-0.39, 0.29) is 35.2 Å². The first-order chi connectivity index (χ1) is 16.7. The molecule has 7 nitrogen and oxygen atoms in total. The number of nitrogens with zero attached hydrogens (tertiary/aromatic N) is 4. The molecule has 0 aliphatic carbocycles. The Morgan fingerprint density at radius 1 is 1.09 bits per heavy atom. The summed E-state index contributed by atoms with van der Waals surface area (Å²) in [6.07, 6.45) is 0.328. The van der Waals surface area contributed by atoms with Crippen molar-refractivity contribution >= 4 is 17.7 Å². The van der Waals surface area contributed by atoms with E-state index in [1.165, 1.54) is 17.8 Å². The first-order valence-electron chi connectivity index (χ1n) is 11.8. The van der Waals surface area contributed by atoms with E-state index in [2.05, 4.69) is 48.1 Å². The van der Waals surface area contributed by atoms with Crippen molar-refractivity contribution in [3.63, 3.8) is 0 Å². The molecule has 0 bridgehead atoms. The molecule has 1 aromatic heterocycles. The van der Waals surface area contributed by atoms with E-state index >= 15 is 0 Å². The van der Waals surface area contributed by atoms with E-state index < -0.39 is 0 Å². The minimum atomic E-state index is -0.375. The molecule has 35 heavy (non-hydrogen) atoms. The highest BCUT2D eigenvalue weighted by atomic mass is 32.2. The third-order valence-corrected chi connectivity index (χ3v) is 7.02. The summed E-state index contributed by atoms with van der Waals surface area (Å²) in [7, 11) is 0. The number of nitrogens with one attached hydrogen (secondary N) is 1. The molecular formula is C26H32FN5O2S. The molecule has 2 unspecified atom stereocenters. The van der Waals surface area contributed by atoms with Gasteiger partial charge in [0.05, 0.1) is 23.5 Å². The first kappa shape index (κ1) is 25.3. The normalized spacial score (nSPS) is 19.0. The fourth-order valence-electron chi connectivity index (χ4n) is 4.27. The molecule has 2 atom stereocenters. The van der Waals surface area contributed by atoms with Crippen LogP contribution in [-0.2, 0) is 9.53 Å². The number of hydrogen-bond acceptors (Lipinski definition) is 6. The summed E-state index contributed by atoms with van der Waals surface area (Å²) in [6, 6.07) is 16.0. The van der Waals surface area contributed by atoms with Crippen LogP contribution in [0.3, 0.4) is 0 Å². The van der Waals surface area contributed by atoms with Gasteiger partial charge in [0.2, 0.25) is 5.91 Å². The Kier molecular flexibility index (Phi) is 7.88. The average Bonchev–Trinajstić information content (AvgIpc) is 3.25. The van der Waals surface area contributed by atoms with Crippen LogP contribution < -0.4 is 5.32 Å². The van der Waals surface area contributed by atoms with Crippen molar-refractivity contribution in [2.75, 3.05) is 25.4 Å². The smallest absolute Gasteiger partial charge is 0.230 e. The molecule has 0 spiro atoms. The number of rotatable bonds is 8. The second kappa shape index (κ2) is 10.9. The van der Waals surface area contributed by atoms with Crippen LogP contribution in [0, 0.1) is 5.82 Å². The van der Waals surface area contributed by atoms with Crippen molar-refractivity contribution in [2.24, 2.45) is 0 Å². The van der Waals surface area contributed by atoms with E-state index in [4.69, 9.17) is 4.74 Å². The quantitative estimate of drug-likeness (QED) is 0.471. The molecule has 1 aliphatic heterocycles. The lowest BCUT2D eigenvalue weighted by molar-refractivity contribution is -0.120. The highest BCUT2D eigenvalue weighted by Gasteiger charge is 2.33. The first-order valence-corrected chi connectivity index (χ1v) is 12.8. The Morgan fingerprint density at radius 2 is 1.74 bits per heavy atom. The van der Waals surface area contributed by atoms with Gasteiger partial charge in [0.1, 0.15) is 5.82 Å². The zero-order valence-electron chi connectivity index (χ0n) is 20.6. The lowest BCUT2D eigenvalue weighted by Crippen LogP contribution is -2.58. The molecule has 3 aromatic rings. The van der Waals surface area contributed by atoms with Crippen molar-refractivity contribution in [3.8, 4) is 17.1 Å². The average molecular weight is 498 g/mol. The van der Waals surface area contributed by atoms with E-state index in [1.807, 2.05) is 30.3 Å². The zero-order chi connectivity index (χ0) is 25.0. The molecule has 186 valence electrons. The van der Waals surface area contributed by atoms with Crippen molar-refractivity contribution in [3.05, 3.63) is 60.4 Å². The molecule has 1 saturated heterocycles. The van der Waals surface area contributed by atoms with Gasteiger partial charge >= 0.3 is 0 Å². The molecule has 1 fully saturated rings. The van der Waals surface area contributed by atoms with Gasteiger partial charge < -0.3 is 10.1 Å². The van der Waals surface area contributed by atoms with Crippen molar-refractivity contribution in [1.82, 2.24) is 25.0 Å². The van der Waals surface area contributed by atoms with Gasteiger partial charge in [-0.3, -0.25) is 14.3 Å². The molecule has 2 heterocycles. The maximum atomic E-state index is 14.5. The number of amides is 1. The summed E-state index contributed by atoms with van der Waals surface area (Å²) in [4.78, 5) is 15.1. The van der Waals surface area contributed by atoms with Gasteiger partial charge in [-0.05, 0) is 52.0 Å². The number of morpholine rings is 1. The number of benzene rings is 2. The highest BCUT2D eigenvalue weighted by molar-refractivity contribution is 7.99. The summed E-state index contributed by atoms with van der Waals surface area (Å²) in [5, 5.41) is 12.1. The standard InChI is InChI=1S/C26H32FN5O2S/c1-18-14-31(15-19(2)34-18)26(3,4)17-28-23(33)16-35-25-30-29-24(21-12-8-9-13-22(21)27)32(25)20-10-6-5-7-11-20/h5-13,18-19H,14-17H2,1-4H3,(H,28,33). The minimum absolute atomic E-state index is 0.0903. The Morgan fingerprint density at radius 3 is 2.43 bits per heavy atom. The number of aromatic nitrogens is 3. The molecule has 4 rings (SSSR count). The Hall–Kier alpha value is -2.75. The predicted octanol–water partition coefficient (Wildman–Crippen LogP) is 4.17. The number of halogens is 1. The van der Waals surface area contributed by atoms with Crippen LogP contribution >= 0.6 is 11.8 Å². The zero-order valence-corrected chi connectivity index (χ0v) is 21.4. The molecule has 2 aromatic carbocycles. The maximum absolute atomic E-state index is 14.5. The van der Waals surface area contributed by atoms with E-state index in [9.17, 15) is 9.18 Å². The number of para-hydroxylation sites is 1. The number of carbonyl (C=O) groups excluding carboxylic acids is 1. The maximum Gasteiger partial charge on any atom is 0.230 e. The Balaban J connectivity index is 1.45. The van der Waals surface area contributed by atoms with Gasteiger partial charge in [-0.15, -0.1) is 10.2 Å². The second-order valence-corrected chi connectivity index (χ2v) is 10.4. The van der Waals surface area contributed by atoms with Crippen LogP contribution in [-0.4, -0.2) is 68.7 Å². The fourth-order valence-corrected chi connectivity index (χ4v) is 5.05. The number of ether oxygens (including phenoxy) is 1. The van der Waals surface area contributed by atoms with E-state index in [0.717, 1.165) is 18.8 Å². The summed E-state index contributed by atoms with van der Waals surface area (Å²) < 4.78 is 22.2. The van der Waals surface area contributed by atoms with Crippen LogP contribution in [0.25, 0.3) is 17.1 Å². The highest BCUT2D eigenvalue weighted by Crippen LogP contribution is 2.29. The topological polar surface area (TPSA) is 72.3 Å². The van der Waals surface area contributed by atoms with Gasteiger partial charge in [0.15, 0.2) is 11.0 Å². The third kappa shape index (κ3) is 6.09. The van der Waals surface area contributed by atoms with E-state index in [1.54, 1.807) is 22.8 Å². The Labute approximate surface area is 210 Å². The van der Waals surface area contributed by atoms with E-state index in [0.29, 0.717) is 23.1 Å². The lowest BCUT2D eigenvalue weighted by Gasteiger charge is -2.45. The van der Waals surface area contributed by atoms with Gasteiger partial charge in [0, 0.05) is 30.9 Å². The molecular weight excluding hydrogens is 465 g/mol. The molecule has 0 saturated carbocycles. The molecule has 1 amide bonds. The van der Waals surface area contributed by atoms with Crippen molar-refractivity contribution < 1.29 is 13.9 Å². The van der Waals surface area contributed by atoms with Crippen LogP contribution in [0.1, 0.15) is 27.7 Å². The second-order valence-electron chi connectivity index (χ2n) is 9.50. The SMILES string of the molecule is CC1CN(C(C)(C)CNC(=O)CSc2nnc(-c3ccccc3F)n2-c2ccccc2)CC(C)O1. The molecule has 1 aliphatic rings. The summed E-state index contributed by atoms with van der Waals surface area (Å²) >= 11 is 1.28. The number of carbonyl (C=O) groups is 1.